The fraction of sp³-hybridized carbons (Fsp3) is 0.476. The van der Waals surface area contributed by atoms with Crippen LogP contribution in [0.3, 0.4) is 0 Å². The van der Waals surface area contributed by atoms with E-state index in [1.165, 1.54) is 4.88 Å². The van der Waals surface area contributed by atoms with Crippen molar-refractivity contribution in [2.75, 3.05) is 45.9 Å². The minimum atomic E-state index is -0.594. The largest absolute Gasteiger partial charge is 0.491 e. The van der Waals surface area contributed by atoms with Crippen molar-refractivity contribution in [2.45, 2.75) is 19.6 Å². The zero-order valence-corrected chi connectivity index (χ0v) is 18.1. The van der Waals surface area contributed by atoms with Crippen molar-refractivity contribution >= 4 is 28.9 Å². The number of thiophene rings is 1. The monoisotopic (exact) mass is 438 g/mol. The number of β-amino-alcohol motifs (C(OH)–C–C–N with tert-alkyl or cyclic N) is 1. The van der Waals surface area contributed by atoms with Crippen molar-refractivity contribution in [3.63, 3.8) is 0 Å². The van der Waals surface area contributed by atoms with Crippen molar-refractivity contribution in [1.29, 1.82) is 0 Å². The highest BCUT2D eigenvalue weighted by Gasteiger charge is 2.20. The van der Waals surface area contributed by atoms with Gasteiger partial charge in [0.15, 0.2) is 0 Å². The van der Waals surface area contributed by atoms with Crippen molar-refractivity contribution < 1.29 is 19.4 Å². The summed E-state index contributed by atoms with van der Waals surface area (Å²) >= 11 is 7.63. The number of hydrogen-bond acceptors (Lipinski definition) is 7. The molecule has 1 unspecified atom stereocenters. The molecule has 2 heterocycles. The van der Waals surface area contributed by atoms with Crippen LogP contribution in [0.2, 0.25) is 4.34 Å². The number of aliphatic hydroxyl groups is 1. The van der Waals surface area contributed by atoms with Crippen molar-refractivity contribution in [1.82, 2.24) is 9.80 Å². The van der Waals surface area contributed by atoms with E-state index < -0.39 is 6.10 Å². The maximum Gasteiger partial charge on any atom is 0.338 e. The molecular weight excluding hydrogens is 412 g/mol. The third-order valence-corrected chi connectivity index (χ3v) is 5.95. The van der Waals surface area contributed by atoms with Gasteiger partial charge in [-0.2, -0.15) is 0 Å². The Kier molecular flexibility index (Phi) is 8.32. The highest BCUT2D eigenvalue weighted by Crippen LogP contribution is 2.23. The van der Waals surface area contributed by atoms with Crippen molar-refractivity contribution in [2.24, 2.45) is 0 Å². The van der Waals surface area contributed by atoms with Gasteiger partial charge in [0.2, 0.25) is 0 Å². The molecule has 1 fully saturated rings. The molecule has 1 N–H and O–H groups in total. The van der Waals surface area contributed by atoms with Gasteiger partial charge in [-0.15, -0.1) is 11.3 Å². The summed E-state index contributed by atoms with van der Waals surface area (Å²) in [6.07, 6.45) is -0.594. The molecule has 8 heteroatoms. The number of carbonyl (C=O) groups is 1. The molecule has 1 atom stereocenters. The first-order chi connectivity index (χ1) is 14.0. The van der Waals surface area contributed by atoms with Crippen LogP contribution < -0.4 is 4.74 Å². The van der Waals surface area contributed by atoms with Crippen LogP contribution in [0, 0.1) is 0 Å². The molecule has 1 aliphatic heterocycles. The fourth-order valence-electron chi connectivity index (χ4n) is 3.26. The lowest BCUT2D eigenvalue weighted by molar-refractivity contribution is 0.0446. The Hall–Kier alpha value is -1.64. The molecule has 0 amide bonds. The first-order valence-corrected chi connectivity index (χ1v) is 11.0. The first-order valence-electron chi connectivity index (χ1n) is 9.80. The van der Waals surface area contributed by atoms with E-state index in [0.29, 0.717) is 24.5 Å². The molecule has 158 valence electrons. The first kappa shape index (κ1) is 22.1. The number of piperazine rings is 1. The molecule has 0 saturated carbocycles. The molecule has 0 aliphatic carbocycles. The quantitative estimate of drug-likeness (QED) is 0.607. The van der Waals surface area contributed by atoms with Crippen LogP contribution in [0.4, 0.5) is 0 Å². The predicted molar refractivity (Wildman–Crippen MR) is 115 cm³/mol. The third kappa shape index (κ3) is 6.97. The molecule has 3 rings (SSSR count). The fourth-order valence-corrected chi connectivity index (χ4v) is 4.39. The van der Waals surface area contributed by atoms with E-state index in [-0.39, 0.29) is 12.6 Å². The zero-order valence-electron chi connectivity index (χ0n) is 16.6. The Morgan fingerprint density at radius 3 is 2.66 bits per heavy atom. The predicted octanol–water partition coefficient (Wildman–Crippen LogP) is 3.14. The van der Waals surface area contributed by atoms with Gasteiger partial charge in [-0.25, -0.2) is 4.79 Å². The number of aliphatic hydroxyl groups excluding tert-OH is 1. The number of rotatable bonds is 9. The zero-order chi connectivity index (χ0) is 20.6. The molecule has 1 saturated heterocycles. The molecule has 29 heavy (non-hydrogen) atoms. The average Bonchev–Trinajstić information content (AvgIpc) is 3.13. The third-order valence-electron chi connectivity index (χ3n) is 4.73. The van der Waals surface area contributed by atoms with Gasteiger partial charge in [0.1, 0.15) is 18.5 Å². The molecule has 1 aliphatic rings. The molecule has 6 nitrogen and oxygen atoms in total. The Balaban J connectivity index is 1.38. The van der Waals surface area contributed by atoms with E-state index in [9.17, 15) is 9.90 Å². The van der Waals surface area contributed by atoms with E-state index in [2.05, 4.69) is 15.9 Å². The van der Waals surface area contributed by atoms with E-state index in [0.717, 1.165) is 37.1 Å². The number of esters is 1. The normalized spacial score (nSPS) is 16.5. The molecular formula is C21H27ClN2O4S. The van der Waals surface area contributed by atoms with Crippen LogP contribution >= 0.6 is 22.9 Å². The highest BCUT2D eigenvalue weighted by atomic mass is 35.5. The summed E-state index contributed by atoms with van der Waals surface area (Å²) in [5.41, 5.74) is 0.446. The van der Waals surface area contributed by atoms with Gasteiger partial charge in [0.05, 0.1) is 16.5 Å². The summed E-state index contributed by atoms with van der Waals surface area (Å²) in [5.74, 6) is 0.176. The number of benzene rings is 1. The molecule has 0 spiro atoms. The van der Waals surface area contributed by atoms with Gasteiger partial charge in [-0.3, -0.25) is 9.80 Å². The van der Waals surface area contributed by atoms with E-state index in [4.69, 9.17) is 21.1 Å². The topological polar surface area (TPSA) is 62.2 Å². The number of ether oxygens (including phenoxy) is 2. The molecule has 0 bridgehead atoms. The van der Waals surface area contributed by atoms with Crippen LogP contribution in [0.5, 0.6) is 5.75 Å². The summed E-state index contributed by atoms with van der Waals surface area (Å²) in [5, 5.41) is 10.3. The summed E-state index contributed by atoms with van der Waals surface area (Å²) in [6.45, 7) is 7.52. The Morgan fingerprint density at radius 1 is 1.21 bits per heavy atom. The van der Waals surface area contributed by atoms with Crippen molar-refractivity contribution in [3.8, 4) is 5.75 Å². The van der Waals surface area contributed by atoms with Crippen LogP contribution in [0.1, 0.15) is 22.2 Å². The number of nitrogens with zero attached hydrogens (tertiary/aromatic N) is 2. The smallest absolute Gasteiger partial charge is 0.338 e. The number of carbonyl (C=O) groups excluding carboxylic acids is 1. The summed E-state index contributed by atoms with van der Waals surface area (Å²) in [6, 6.07) is 10.9. The van der Waals surface area contributed by atoms with Crippen molar-refractivity contribution in [3.05, 3.63) is 51.2 Å². The number of hydrogen-bond donors (Lipinski definition) is 1. The van der Waals surface area contributed by atoms with E-state index >= 15 is 0 Å². The lowest BCUT2D eigenvalue weighted by atomic mass is 10.2. The summed E-state index contributed by atoms with van der Waals surface area (Å²) in [7, 11) is 0. The van der Waals surface area contributed by atoms with Gasteiger partial charge < -0.3 is 14.6 Å². The Labute approximate surface area is 180 Å². The summed E-state index contributed by atoms with van der Waals surface area (Å²) in [4.78, 5) is 17.7. The van der Waals surface area contributed by atoms with Gasteiger partial charge in [0.25, 0.3) is 0 Å². The molecule has 1 aromatic heterocycles. The maximum atomic E-state index is 11.8. The highest BCUT2D eigenvalue weighted by molar-refractivity contribution is 7.16. The van der Waals surface area contributed by atoms with Gasteiger partial charge in [0, 0.05) is 44.1 Å². The number of halogens is 1. The van der Waals surface area contributed by atoms with Crippen LogP contribution in [-0.4, -0.2) is 72.9 Å². The second-order valence-corrected chi connectivity index (χ2v) is 8.80. The van der Waals surface area contributed by atoms with Gasteiger partial charge >= 0.3 is 5.97 Å². The lowest BCUT2D eigenvalue weighted by Gasteiger charge is -2.35. The van der Waals surface area contributed by atoms with E-state index in [1.54, 1.807) is 42.5 Å². The SMILES string of the molecule is CCOC(=O)c1cccc(OCC(O)CN2CCN(Cc3ccc(Cl)s3)CC2)c1. The second-order valence-electron chi connectivity index (χ2n) is 7.00. The molecule has 1 aromatic carbocycles. The lowest BCUT2D eigenvalue weighted by Crippen LogP contribution is -2.48. The summed E-state index contributed by atoms with van der Waals surface area (Å²) < 4.78 is 11.5. The average molecular weight is 439 g/mol. The minimum absolute atomic E-state index is 0.181. The Bertz CT molecular complexity index is 792. The van der Waals surface area contributed by atoms with E-state index in [1.807, 2.05) is 6.07 Å². The minimum Gasteiger partial charge on any atom is -0.491 e. The van der Waals surface area contributed by atoms with Gasteiger partial charge in [-0.1, -0.05) is 17.7 Å². The standard InChI is InChI=1S/C21H27ClN2O4S/c1-2-27-21(26)16-4-3-5-18(12-16)28-15-17(25)13-23-8-10-24(11-9-23)14-19-6-7-20(22)29-19/h3-7,12,17,25H,2,8-11,13-15H2,1H3. The second kappa shape index (κ2) is 10.9. The van der Waals surface area contributed by atoms with Crippen LogP contribution in [-0.2, 0) is 11.3 Å². The van der Waals surface area contributed by atoms with Crippen LogP contribution in [0.15, 0.2) is 36.4 Å². The maximum absolute atomic E-state index is 11.8. The van der Waals surface area contributed by atoms with Crippen LogP contribution in [0.25, 0.3) is 0 Å². The Morgan fingerprint density at radius 2 is 1.97 bits per heavy atom. The van der Waals surface area contributed by atoms with Gasteiger partial charge in [-0.05, 0) is 37.3 Å². The molecule has 2 aromatic rings. The molecule has 0 radical (unpaired) electrons.